The molecule has 72 valence electrons. The van der Waals surface area contributed by atoms with Gasteiger partial charge in [0.2, 0.25) is 0 Å². The van der Waals surface area contributed by atoms with Gasteiger partial charge in [0.05, 0.1) is 0 Å². The number of rotatable bonds is 2. The molecule has 1 heterocycles. The minimum Gasteiger partial charge on any atom is -0.486 e. The molecule has 0 spiro atoms. The van der Waals surface area contributed by atoms with Crippen LogP contribution in [-0.4, -0.2) is 13.2 Å². The average molecular weight is 188 g/mol. The third-order valence-corrected chi connectivity index (χ3v) is 2.19. The van der Waals surface area contributed by atoms with E-state index in [4.69, 9.17) is 15.9 Å². The van der Waals surface area contributed by atoms with Crippen LogP contribution in [0.4, 0.5) is 0 Å². The van der Waals surface area contributed by atoms with Crippen molar-refractivity contribution >= 4 is 0 Å². The molecule has 0 unspecified atom stereocenters. The molecule has 1 aliphatic rings. The smallest absolute Gasteiger partial charge is 0.164 e. The van der Waals surface area contributed by atoms with Crippen molar-refractivity contribution in [3.8, 4) is 23.8 Å². The molecule has 0 aliphatic carbocycles. The highest BCUT2D eigenvalue weighted by atomic mass is 16.6. The summed E-state index contributed by atoms with van der Waals surface area (Å²) < 4.78 is 11.0. The van der Waals surface area contributed by atoms with E-state index in [-0.39, 0.29) is 0 Å². The van der Waals surface area contributed by atoms with Gasteiger partial charge in [0.15, 0.2) is 11.5 Å². The van der Waals surface area contributed by atoms with E-state index in [0.717, 1.165) is 29.9 Å². The molecule has 0 amide bonds. The molecule has 1 aromatic rings. The molecule has 14 heavy (non-hydrogen) atoms. The second-order valence-corrected chi connectivity index (χ2v) is 3.15. The molecular formula is C12H12O2. The quantitative estimate of drug-likeness (QED) is 0.661. The van der Waals surface area contributed by atoms with Crippen molar-refractivity contribution in [1.29, 1.82) is 0 Å². The van der Waals surface area contributed by atoms with E-state index in [2.05, 4.69) is 5.92 Å². The third kappa shape index (κ3) is 1.67. The van der Waals surface area contributed by atoms with Gasteiger partial charge in [-0.05, 0) is 18.1 Å². The lowest BCUT2D eigenvalue weighted by atomic mass is 10.1. The molecule has 0 bridgehead atoms. The Labute approximate surface area is 83.8 Å². The first-order valence-corrected chi connectivity index (χ1v) is 4.73. The zero-order valence-electron chi connectivity index (χ0n) is 7.95. The molecule has 2 heteroatoms. The lowest BCUT2D eigenvalue weighted by Gasteiger charge is -2.20. The lowest BCUT2D eigenvalue weighted by molar-refractivity contribution is 0.170. The van der Waals surface area contributed by atoms with E-state index < -0.39 is 0 Å². The van der Waals surface area contributed by atoms with Crippen molar-refractivity contribution in [2.75, 3.05) is 13.2 Å². The molecule has 2 rings (SSSR count). The molecule has 0 atom stereocenters. The fraction of sp³-hybridized carbons (Fsp3) is 0.333. The van der Waals surface area contributed by atoms with Gasteiger partial charge in [-0.3, -0.25) is 0 Å². The summed E-state index contributed by atoms with van der Waals surface area (Å²) in [4.78, 5) is 0. The number of benzene rings is 1. The number of hydrogen-bond acceptors (Lipinski definition) is 2. The fourth-order valence-corrected chi connectivity index (χ4v) is 1.54. The van der Waals surface area contributed by atoms with Crippen molar-refractivity contribution in [2.45, 2.75) is 12.8 Å². The largest absolute Gasteiger partial charge is 0.486 e. The minimum absolute atomic E-state index is 0.625. The Morgan fingerprint density at radius 3 is 3.00 bits per heavy atom. The zero-order valence-corrected chi connectivity index (χ0v) is 7.95. The van der Waals surface area contributed by atoms with Crippen LogP contribution in [0.5, 0.6) is 11.5 Å². The summed E-state index contributed by atoms with van der Waals surface area (Å²) in [5.41, 5.74) is 1.14. The van der Waals surface area contributed by atoms with Gasteiger partial charge in [-0.25, -0.2) is 0 Å². The highest BCUT2D eigenvalue weighted by Crippen LogP contribution is 2.33. The first-order chi connectivity index (χ1) is 6.92. The highest BCUT2D eigenvalue weighted by Gasteiger charge is 2.14. The van der Waals surface area contributed by atoms with Gasteiger partial charge in [-0.15, -0.1) is 12.3 Å². The van der Waals surface area contributed by atoms with E-state index in [0.29, 0.717) is 13.2 Å². The molecule has 2 nitrogen and oxygen atoms in total. The van der Waals surface area contributed by atoms with Gasteiger partial charge in [0.1, 0.15) is 13.2 Å². The van der Waals surface area contributed by atoms with Gasteiger partial charge in [-0.1, -0.05) is 12.1 Å². The van der Waals surface area contributed by atoms with Crippen molar-refractivity contribution < 1.29 is 9.47 Å². The van der Waals surface area contributed by atoms with Crippen molar-refractivity contribution in [3.63, 3.8) is 0 Å². The maximum Gasteiger partial charge on any atom is 0.164 e. The molecule has 0 radical (unpaired) electrons. The SMILES string of the molecule is C#CCCc1cccc2c1OCCO2. The maximum atomic E-state index is 5.56. The second kappa shape index (κ2) is 4.06. The Morgan fingerprint density at radius 1 is 1.29 bits per heavy atom. The van der Waals surface area contributed by atoms with Crippen LogP contribution in [0.2, 0.25) is 0 Å². The van der Waals surface area contributed by atoms with Crippen LogP contribution in [0.1, 0.15) is 12.0 Å². The Bertz CT molecular complexity index is 363. The van der Waals surface area contributed by atoms with Crippen molar-refractivity contribution in [2.24, 2.45) is 0 Å². The first kappa shape index (κ1) is 8.96. The van der Waals surface area contributed by atoms with Gasteiger partial charge < -0.3 is 9.47 Å². The Kier molecular flexibility index (Phi) is 2.60. The molecule has 0 N–H and O–H groups in total. The van der Waals surface area contributed by atoms with E-state index >= 15 is 0 Å². The van der Waals surface area contributed by atoms with Gasteiger partial charge in [0.25, 0.3) is 0 Å². The van der Waals surface area contributed by atoms with Crippen molar-refractivity contribution in [1.82, 2.24) is 0 Å². The summed E-state index contributed by atoms with van der Waals surface area (Å²) in [6, 6.07) is 5.93. The molecule has 0 fully saturated rings. The lowest BCUT2D eigenvalue weighted by Crippen LogP contribution is -2.16. The summed E-state index contributed by atoms with van der Waals surface area (Å²) in [7, 11) is 0. The molecule has 0 saturated carbocycles. The standard InChI is InChI=1S/C12H12O2/c1-2-3-5-10-6-4-7-11-12(10)14-9-8-13-11/h1,4,6-7H,3,5,8-9H2. The van der Waals surface area contributed by atoms with Crippen LogP contribution >= 0.6 is 0 Å². The van der Waals surface area contributed by atoms with Gasteiger partial charge in [-0.2, -0.15) is 0 Å². The Hall–Kier alpha value is -1.62. The average Bonchev–Trinajstić information content (AvgIpc) is 2.26. The van der Waals surface area contributed by atoms with E-state index in [9.17, 15) is 0 Å². The van der Waals surface area contributed by atoms with Gasteiger partial charge in [0, 0.05) is 6.42 Å². The van der Waals surface area contributed by atoms with Crippen LogP contribution in [-0.2, 0) is 6.42 Å². The maximum absolute atomic E-state index is 5.56. The predicted molar refractivity (Wildman–Crippen MR) is 54.6 cm³/mol. The Morgan fingerprint density at radius 2 is 2.14 bits per heavy atom. The summed E-state index contributed by atoms with van der Waals surface area (Å²) in [6.07, 6.45) is 6.82. The number of para-hydroxylation sites is 1. The highest BCUT2D eigenvalue weighted by molar-refractivity contribution is 5.47. The van der Waals surface area contributed by atoms with E-state index in [1.54, 1.807) is 0 Å². The van der Waals surface area contributed by atoms with Crippen molar-refractivity contribution in [3.05, 3.63) is 23.8 Å². The third-order valence-electron chi connectivity index (χ3n) is 2.19. The van der Waals surface area contributed by atoms with Crippen LogP contribution in [0.3, 0.4) is 0 Å². The van der Waals surface area contributed by atoms with Crippen LogP contribution < -0.4 is 9.47 Å². The normalized spacial score (nSPS) is 13.4. The van der Waals surface area contributed by atoms with Crippen LogP contribution in [0, 0.1) is 12.3 Å². The molecule has 1 aromatic carbocycles. The van der Waals surface area contributed by atoms with E-state index in [1.807, 2.05) is 18.2 Å². The minimum atomic E-state index is 0.625. The molecule has 1 aliphatic heterocycles. The van der Waals surface area contributed by atoms with E-state index in [1.165, 1.54) is 0 Å². The molecule has 0 saturated heterocycles. The Balaban J connectivity index is 2.27. The topological polar surface area (TPSA) is 18.5 Å². The summed E-state index contributed by atoms with van der Waals surface area (Å²) in [6.45, 7) is 1.26. The number of fused-ring (bicyclic) bond motifs is 1. The first-order valence-electron chi connectivity index (χ1n) is 4.73. The van der Waals surface area contributed by atoms with Gasteiger partial charge >= 0.3 is 0 Å². The number of ether oxygens (including phenoxy) is 2. The zero-order chi connectivity index (χ0) is 9.80. The second-order valence-electron chi connectivity index (χ2n) is 3.15. The monoisotopic (exact) mass is 188 g/mol. The number of hydrogen-bond donors (Lipinski definition) is 0. The number of terminal acetylenes is 1. The summed E-state index contributed by atoms with van der Waals surface area (Å²) >= 11 is 0. The molecule has 0 aromatic heterocycles. The number of aryl methyl sites for hydroxylation is 1. The summed E-state index contributed by atoms with van der Waals surface area (Å²) in [5, 5.41) is 0. The van der Waals surface area contributed by atoms with Crippen LogP contribution in [0.15, 0.2) is 18.2 Å². The fourth-order valence-electron chi connectivity index (χ4n) is 1.54. The summed E-state index contributed by atoms with van der Waals surface area (Å²) in [5.74, 6) is 4.33. The van der Waals surface area contributed by atoms with Crippen LogP contribution in [0.25, 0.3) is 0 Å². The molecular weight excluding hydrogens is 176 g/mol. The predicted octanol–water partition coefficient (Wildman–Crippen LogP) is 2.02.